The van der Waals surface area contributed by atoms with Gasteiger partial charge in [0, 0.05) is 16.1 Å². The van der Waals surface area contributed by atoms with Gasteiger partial charge in [0.1, 0.15) is 5.82 Å². The van der Waals surface area contributed by atoms with Gasteiger partial charge in [-0.3, -0.25) is 0 Å². The van der Waals surface area contributed by atoms with Gasteiger partial charge in [0.15, 0.2) is 0 Å². The Labute approximate surface area is 99.0 Å². The molecule has 0 fully saturated rings. The summed E-state index contributed by atoms with van der Waals surface area (Å²) in [6, 6.07) is 4.85. The maximum Gasteiger partial charge on any atom is 0.129 e. The number of nitrogens with two attached hydrogens (primary N) is 1. The van der Waals surface area contributed by atoms with Crippen molar-refractivity contribution in [1.82, 2.24) is 0 Å². The van der Waals surface area contributed by atoms with E-state index in [4.69, 9.17) is 5.73 Å². The van der Waals surface area contributed by atoms with Gasteiger partial charge in [-0.25, -0.2) is 4.39 Å². The van der Waals surface area contributed by atoms with Crippen LogP contribution in [0.25, 0.3) is 0 Å². The summed E-state index contributed by atoms with van der Waals surface area (Å²) >= 11 is 3.23. The number of benzene rings is 1. The molecule has 3 heteroatoms. The third kappa shape index (κ3) is 3.92. The van der Waals surface area contributed by atoms with Gasteiger partial charge in [0.25, 0.3) is 0 Å². The van der Waals surface area contributed by atoms with Gasteiger partial charge < -0.3 is 5.73 Å². The number of rotatable bonds is 4. The molecule has 1 atom stereocenters. The van der Waals surface area contributed by atoms with E-state index in [0.29, 0.717) is 11.5 Å². The Morgan fingerprint density at radius 2 is 2.00 bits per heavy atom. The summed E-state index contributed by atoms with van der Waals surface area (Å²) in [4.78, 5) is 0. The summed E-state index contributed by atoms with van der Waals surface area (Å²) in [7, 11) is 0. The van der Waals surface area contributed by atoms with Crippen LogP contribution in [0, 0.1) is 11.7 Å². The van der Waals surface area contributed by atoms with Crippen LogP contribution in [-0.4, -0.2) is 0 Å². The number of halogens is 2. The van der Waals surface area contributed by atoms with Crippen LogP contribution in [0.15, 0.2) is 22.7 Å². The average molecular weight is 274 g/mol. The minimum atomic E-state index is -0.222. The second-order valence-corrected chi connectivity index (χ2v) is 5.16. The van der Waals surface area contributed by atoms with Crippen LogP contribution in [-0.2, 0) is 0 Å². The second-order valence-electron chi connectivity index (χ2n) is 4.24. The quantitative estimate of drug-likeness (QED) is 0.881. The van der Waals surface area contributed by atoms with E-state index in [1.54, 1.807) is 6.07 Å². The highest BCUT2D eigenvalue weighted by Gasteiger charge is 2.11. The van der Waals surface area contributed by atoms with E-state index in [2.05, 4.69) is 29.8 Å². The molecule has 0 saturated heterocycles. The maximum atomic E-state index is 13.5. The normalized spacial score (nSPS) is 13.2. The highest BCUT2D eigenvalue weighted by molar-refractivity contribution is 9.10. The molecule has 1 nitrogen and oxygen atoms in total. The van der Waals surface area contributed by atoms with Crippen molar-refractivity contribution in [2.75, 3.05) is 0 Å². The summed E-state index contributed by atoms with van der Waals surface area (Å²) in [5.41, 5.74) is 6.55. The fourth-order valence-corrected chi connectivity index (χ4v) is 1.80. The lowest BCUT2D eigenvalue weighted by atomic mass is 9.98. The third-order valence-electron chi connectivity index (χ3n) is 2.42. The van der Waals surface area contributed by atoms with E-state index in [1.807, 2.05) is 6.07 Å². The van der Waals surface area contributed by atoms with Gasteiger partial charge in [-0.2, -0.15) is 0 Å². The molecule has 0 saturated carbocycles. The minimum Gasteiger partial charge on any atom is -0.324 e. The SMILES string of the molecule is CC(C)CC[C@H](N)c1ccc(Br)cc1F. The zero-order valence-electron chi connectivity index (χ0n) is 9.13. The van der Waals surface area contributed by atoms with Crippen LogP contribution in [0.4, 0.5) is 4.39 Å². The summed E-state index contributed by atoms with van der Waals surface area (Å²) in [5, 5.41) is 0. The molecule has 0 bridgehead atoms. The molecule has 0 aromatic heterocycles. The van der Waals surface area contributed by atoms with E-state index in [9.17, 15) is 4.39 Å². The molecule has 0 amide bonds. The molecule has 1 rings (SSSR count). The van der Waals surface area contributed by atoms with E-state index < -0.39 is 0 Å². The van der Waals surface area contributed by atoms with Crippen molar-refractivity contribution in [1.29, 1.82) is 0 Å². The average Bonchev–Trinajstić information content (AvgIpc) is 2.14. The van der Waals surface area contributed by atoms with E-state index in [0.717, 1.165) is 17.3 Å². The summed E-state index contributed by atoms with van der Waals surface area (Å²) in [6.45, 7) is 4.29. The molecular formula is C12H17BrFN. The van der Waals surface area contributed by atoms with E-state index in [-0.39, 0.29) is 11.9 Å². The van der Waals surface area contributed by atoms with E-state index in [1.165, 1.54) is 6.07 Å². The Bertz CT molecular complexity index is 325. The predicted molar refractivity (Wildman–Crippen MR) is 65.1 cm³/mol. The van der Waals surface area contributed by atoms with Crippen LogP contribution in [0.1, 0.15) is 38.3 Å². The molecule has 0 spiro atoms. The molecule has 0 radical (unpaired) electrons. The molecular weight excluding hydrogens is 257 g/mol. The molecule has 0 aliphatic heterocycles. The first-order valence-corrected chi connectivity index (χ1v) is 6.00. The van der Waals surface area contributed by atoms with Gasteiger partial charge in [-0.15, -0.1) is 0 Å². The zero-order valence-corrected chi connectivity index (χ0v) is 10.7. The second kappa shape index (κ2) is 5.61. The van der Waals surface area contributed by atoms with Gasteiger partial charge in [-0.1, -0.05) is 35.8 Å². The largest absolute Gasteiger partial charge is 0.324 e. The minimum absolute atomic E-state index is 0.194. The van der Waals surface area contributed by atoms with Crippen molar-refractivity contribution < 1.29 is 4.39 Å². The molecule has 2 N–H and O–H groups in total. The first kappa shape index (κ1) is 12.7. The molecule has 0 aliphatic rings. The molecule has 1 aromatic rings. The van der Waals surface area contributed by atoms with Crippen molar-refractivity contribution in [3.63, 3.8) is 0 Å². The smallest absolute Gasteiger partial charge is 0.129 e. The van der Waals surface area contributed by atoms with Gasteiger partial charge in [0.05, 0.1) is 0 Å². The Balaban J connectivity index is 2.69. The first-order chi connectivity index (χ1) is 7.00. The Morgan fingerprint density at radius 3 is 2.53 bits per heavy atom. The van der Waals surface area contributed by atoms with Crippen molar-refractivity contribution in [3.8, 4) is 0 Å². The molecule has 1 aromatic carbocycles. The van der Waals surface area contributed by atoms with E-state index >= 15 is 0 Å². The first-order valence-electron chi connectivity index (χ1n) is 5.21. The number of hydrogen-bond donors (Lipinski definition) is 1. The molecule has 15 heavy (non-hydrogen) atoms. The molecule has 0 unspecified atom stereocenters. The standard InChI is InChI=1S/C12H17BrFN/c1-8(2)3-6-12(15)10-5-4-9(13)7-11(10)14/h4-5,7-8,12H,3,6,15H2,1-2H3/t12-/m0/s1. The van der Waals surface area contributed by atoms with Crippen LogP contribution in [0.5, 0.6) is 0 Å². The van der Waals surface area contributed by atoms with Crippen molar-refractivity contribution >= 4 is 15.9 Å². The Hall–Kier alpha value is -0.410. The van der Waals surface area contributed by atoms with Gasteiger partial charge >= 0.3 is 0 Å². The highest BCUT2D eigenvalue weighted by atomic mass is 79.9. The fraction of sp³-hybridized carbons (Fsp3) is 0.500. The van der Waals surface area contributed by atoms with Crippen molar-refractivity contribution in [2.24, 2.45) is 11.7 Å². The molecule has 84 valence electrons. The topological polar surface area (TPSA) is 26.0 Å². The lowest BCUT2D eigenvalue weighted by Gasteiger charge is -2.14. The van der Waals surface area contributed by atoms with Crippen LogP contribution >= 0.6 is 15.9 Å². The lowest BCUT2D eigenvalue weighted by Crippen LogP contribution is -2.13. The Kier molecular flexibility index (Phi) is 4.74. The lowest BCUT2D eigenvalue weighted by molar-refractivity contribution is 0.491. The highest BCUT2D eigenvalue weighted by Crippen LogP contribution is 2.23. The summed E-state index contributed by atoms with van der Waals surface area (Å²) in [6.07, 6.45) is 1.85. The van der Waals surface area contributed by atoms with Crippen LogP contribution in [0.3, 0.4) is 0 Å². The van der Waals surface area contributed by atoms with Gasteiger partial charge in [-0.05, 0) is 30.9 Å². The summed E-state index contributed by atoms with van der Waals surface area (Å²) in [5.74, 6) is 0.384. The monoisotopic (exact) mass is 273 g/mol. The third-order valence-corrected chi connectivity index (χ3v) is 2.91. The van der Waals surface area contributed by atoms with Gasteiger partial charge in [0.2, 0.25) is 0 Å². The Morgan fingerprint density at radius 1 is 1.33 bits per heavy atom. The number of hydrogen-bond acceptors (Lipinski definition) is 1. The maximum absolute atomic E-state index is 13.5. The van der Waals surface area contributed by atoms with Crippen LogP contribution in [0.2, 0.25) is 0 Å². The van der Waals surface area contributed by atoms with Crippen molar-refractivity contribution in [2.45, 2.75) is 32.7 Å². The summed E-state index contributed by atoms with van der Waals surface area (Å²) < 4.78 is 14.3. The predicted octanol–water partition coefficient (Wildman–Crippen LogP) is 4.02. The zero-order chi connectivity index (χ0) is 11.4. The molecule has 0 aliphatic carbocycles. The fourth-order valence-electron chi connectivity index (χ4n) is 1.47. The van der Waals surface area contributed by atoms with Crippen LogP contribution < -0.4 is 5.73 Å². The van der Waals surface area contributed by atoms with Crippen molar-refractivity contribution in [3.05, 3.63) is 34.1 Å². The molecule has 0 heterocycles.